The van der Waals surface area contributed by atoms with Gasteiger partial charge in [0, 0.05) is 17.1 Å². The number of fused-ring (bicyclic) bond motifs is 1. The van der Waals surface area contributed by atoms with Crippen molar-refractivity contribution in [3.63, 3.8) is 0 Å². The summed E-state index contributed by atoms with van der Waals surface area (Å²) in [5.74, 6) is -1.28. The largest absolute Gasteiger partial charge is 0.441 e. The fourth-order valence-corrected chi connectivity index (χ4v) is 4.27. The smallest absolute Gasteiger partial charge is 0.318 e. The predicted octanol–water partition coefficient (Wildman–Crippen LogP) is 5.58. The van der Waals surface area contributed by atoms with Gasteiger partial charge in [-0.2, -0.15) is 28.3 Å². The zero-order valence-electron chi connectivity index (χ0n) is 15.9. The van der Waals surface area contributed by atoms with Gasteiger partial charge in [-0.05, 0) is 61.5 Å². The Hall–Kier alpha value is -2.56. The van der Waals surface area contributed by atoms with Gasteiger partial charge in [-0.1, -0.05) is 23.2 Å². The van der Waals surface area contributed by atoms with Crippen LogP contribution in [0.4, 0.5) is 13.2 Å². The summed E-state index contributed by atoms with van der Waals surface area (Å²) in [6, 6.07) is 6.92. The normalized spacial score (nSPS) is 17.9. The Bertz CT molecular complexity index is 1250. The van der Waals surface area contributed by atoms with Crippen LogP contribution in [0.3, 0.4) is 0 Å². The van der Waals surface area contributed by atoms with E-state index >= 15 is 0 Å². The molecule has 0 atom stereocenters. The van der Waals surface area contributed by atoms with Crippen molar-refractivity contribution >= 4 is 63.0 Å². The molecule has 2 aromatic rings. The number of aliphatic imine (C=N–C) groups is 1. The third-order valence-corrected chi connectivity index (χ3v) is 6.32. The van der Waals surface area contributed by atoms with Crippen LogP contribution in [0.2, 0.25) is 10.0 Å². The Morgan fingerprint density at radius 1 is 1.16 bits per heavy atom. The molecule has 3 heterocycles. The first-order valence-electron chi connectivity index (χ1n) is 8.69. The molecular formula is C19H12Cl2F3N5OS. The molecule has 4 rings (SSSR count). The van der Waals surface area contributed by atoms with Crippen LogP contribution in [-0.4, -0.2) is 37.7 Å². The number of halogens is 5. The van der Waals surface area contributed by atoms with E-state index in [1.54, 1.807) is 31.2 Å². The highest BCUT2D eigenvalue weighted by Crippen LogP contribution is 2.36. The summed E-state index contributed by atoms with van der Waals surface area (Å²) in [7, 11) is 0. The minimum absolute atomic E-state index is 0.161. The average Bonchev–Trinajstić information content (AvgIpc) is 3.22. The molecule has 12 heteroatoms. The first-order valence-corrected chi connectivity index (χ1v) is 10.3. The number of amidine groups is 2. The van der Waals surface area contributed by atoms with Crippen LogP contribution in [0.25, 0.3) is 11.8 Å². The van der Waals surface area contributed by atoms with E-state index in [1.165, 1.54) is 6.08 Å². The van der Waals surface area contributed by atoms with E-state index in [0.29, 0.717) is 15.6 Å². The van der Waals surface area contributed by atoms with E-state index in [-0.39, 0.29) is 22.5 Å². The molecule has 1 amide bonds. The molecule has 0 spiro atoms. The third kappa shape index (κ3) is 3.79. The summed E-state index contributed by atoms with van der Waals surface area (Å²) < 4.78 is 40.8. The number of amides is 1. The van der Waals surface area contributed by atoms with Crippen molar-refractivity contribution in [2.24, 2.45) is 10.1 Å². The number of alkyl halides is 3. The Morgan fingerprint density at radius 2 is 1.87 bits per heavy atom. The fraction of sp³-hybridized carbons (Fsp3) is 0.158. The highest BCUT2D eigenvalue weighted by Gasteiger charge is 2.46. The average molecular weight is 486 g/mol. The first kappa shape index (κ1) is 21.7. The van der Waals surface area contributed by atoms with Crippen molar-refractivity contribution in [1.82, 2.24) is 9.58 Å². The topological polar surface area (TPSA) is 73.8 Å². The lowest BCUT2D eigenvalue weighted by molar-refractivity contribution is -0.114. The number of hydrogen-bond acceptors (Lipinski definition) is 4. The van der Waals surface area contributed by atoms with E-state index in [2.05, 4.69) is 10.1 Å². The van der Waals surface area contributed by atoms with Crippen LogP contribution in [0.1, 0.15) is 17.0 Å². The predicted molar refractivity (Wildman–Crippen MR) is 116 cm³/mol. The van der Waals surface area contributed by atoms with Crippen LogP contribution in [0, 0.1) is 19.3 Å². The standard InChI is InChI=1S/C19H12Cl2F3N5OS/c1-8-5-10(9(2)28(8)11-3-4-13(20)14(21)7-11)6-12-15(25)29-18(26-16(12)30)31-17(27-29)19(22,23)24/h3-7,25H,1-2H3. The molecule has 0 bridgehead atoms. The number of carbonyl (C=O) groups is 1. The summed E-state index contributed by atoms with van der Waals surface area (Å²) in [4.78, 5) is 16.1. The molecule has 0 unspecified atom stereocenters. The number of aromatic nitrogens is 1. The molecule has 0 fully saturated rings. The summed E-state index contributed by atoms with van der Waals surface area (Å²) in [5, 5.41) is 11.7. The molecular weight excluding hydrogens is 474 g/mol. The van der Waals surface area contributed by atoms with Gasteiger partial charge in [0.1, 0.15) is 0 Å². The molecule has 1 aromatic carbocycles. The molecule has 31 heavy (non-hydrogen) atoms. The molecule has 6 nitrogen and oxygen atoms in total. The summed E-state index contributed by atoms with van der Waals surface area (Å²) in [6.45, 7) is 3.65. The second-order valence-electron chi connectivity index (χ2n) is 6.68. The molecule has 0 aliphatic carbocycles. The zero-order chi connectivity index (χ0) is 22.7. The van der Waals surface area contributed by atoms with Crippen LogP contribution in [0.15, 0.2) is 39.9 Å². The van der Waals surface area contributed by atoms with E-state index in [4.69, 9.17) is 28.6 Å². The second kappa shape index (κ2) is 7.54. The summed E-state index contributed by atoms with van der Waals surface area (Å²) >= 11 is 12.3. The molecule has 0 saturated heterocycles. The van der Waals surface area contributed by atoms with Gasteiger partial charge < -0.3 is 4.57 Å². The molecule has 0 radical (unpaired) electrons. The Balaban J connectivity index is 1.75. The highest BCUT2D eigenvalue weighted by atomic mass is 35.5. The molecule has 1 N–H and O–H groups in total. The van der Waals surface area contributed by atoms with Crippen molar-refractivity contribution in [1.29, 1.82) is 5.41 Å². The van der Waals surface area contributed by atoms with Crippen molar-refractivity contribution < 1.29 is 18.0 Å². The molecule has 1 aromatic heterocycles. The fourth-order valence-electron chi connectivity index (χ4n) is 3.22. The number of hydrogen-bond donors (Lipinski definition) is 1. The number of nitrogens with zero attached hydrogens (tertiary/aromatic N) is 4. The van der Waals surface area contributed by atoms with Crippen LogP contribution in [-0.2, 0) is 4.79 Å². The lowest BCUT2D eigenvalue weighted by atomic mass is 10.1. The van der Waals surface area contributed by atoms with Gasteiger partial charge in [-0.15, -0.1) is 0 Å². The number of benzene rings is 1. The maximum absolute atomic E-state index is 13.0. The zero-order valence-corrected chi connectivity index (χ0v) is 18.2. The number of hydrazone groups is 1. The molecule has 160 valence electrons. The molecule has 0 saturated carbocycles. The van der Waals surface area contributed by atoms with E-state index in [1.807, 2.05) is 11.5 Å². The highest BCUT2D eigenvalue weighted by molar-refractivity contribution is 8.27. The minimum Gasteiger partial charge on any atom is -0.318 e. The van der Waals surface area contributed by atoms with Crippen molar-refractivity contribution in [3.05, 3.63) is 56.8 Å². The monoisotopic (exact) mass is 485 g/mol. The van der Waals surface area contributed by atoms with Gasteiger partial charge in [-0.25, -0.2) is 0 Å². The molecule has 2 aliphatic rings. The van der Waals surface area contributed by atoms with Gasteiger partial charge in [0.2, 0.25) is 10.2 Å². The van der Waals surface area contributed by atoms with Crippen LogP contribution in [0.5, 0.6) is 0 Å². The first-order chi connectivity index (χ1) is 14.5. The summed E-state index contributed by atoms with van der Waals surface area (Å²) in [5.41, 5.74) is 2.73. The van der Waals surface area contributed by atoms with E-state index in [0.717, 1.165) is 22.1 Å². The number of carbonyl (C=O) groups excluding carboxylic acids is 1. The summed E-state index contributed by atoms with van der Waals surface area (Å²) in [6.07, 6.45) is -3.27. The van der Waals surface area contributed by atoms with Crippen molar-refractivity contribution in [2.75, 3.05) is 0 Å². The van der Waals surface area contributed by atoms with Gasteiger partial charge in [0.05, 0.1) is 15.6 Å². The number of aryl methyl sites for hydroxylation is 1. The van der Waals surface area contributed by atoms with Crippen LogP contribution >= 0.6 is 35.0 Å². The Labute approximate surface area is 188 Å². The quantitative estimate of drug-likeness (QED) is 0.564. The van der Waals surface area contributed by atoms with Crippen LogP contribution < -0.4 is 0 Å². The van der Waals surface area contributed by atoms with Crippen molar-refractivity contribution in [3.8, 4) is 5.69 Å². The number of thioether (sulfide) groups is 1. The van der Waals surface area contributed by atoms with E-state index < -0.39 is 23.0 Å². The second-order valence-corrected chi connectivity index (χ2v) is 8.45. The lowest BCUT2D eigenvalue weighted by Gasteiger charge is -2.20. The van der Waals surface area contributed by atoms with Gasteiger partial charge in [0.25, 0.3) is 5.91 Å². The third-order valence-electron chi connectivity index (χ3n) is 4.63. The van der Waals surface area contributed by atoms with Gasteiger partial charge in [-0.3, -0.25) is 10.2 Å². The number of rotatable bonds is 2. The lowest BCUT2D eigenvalue weighted by Crippen LogP contribution is -2.35. The Morgan fingerprint density at radius 3 is 2.52 bits per heavy atom. The van der Waals surface area contributed by atoms with E-state index in [9.17, 15) is 18.0 Å². The van der Waals surface area contributed by atoms with Gasteiger partial charge >= 0.3 is 6.18 Å². The SMILES string of the molecule is Cc1cc(C=C2C(=N)N3N=C(C(F)(F)F)SC3=NC2=O)c(C)n1-c1ccc(Cl)c(Cl)c1. The van der Waals surface area contributed by atoms with Gasteiger partial charge in [0.15, 0.2) is 5.84 Å². The minimum atomic E-state index is -4.69. The van der Waals surface area contributed by atoms with Crippen molar-refractivity contribution in [2.45, 2.75) is 20.0 Å². The Kier molecular flexibility index (Phi) is 5.27. The maximum Gasteiger partial charge on any atom is 0.441 e. The molecule has 2 aliphatic heterocycles. The number of nitrogens with one attached hydrogen (secondary N) is 1. The maximum atomic E-state index is 13.0.